The molecule has 2 nitrogen and oxygen atoms in total. The quantitative estimate of drug-likeness (QED) is 0.140. The van der Waals surface area contributed by atoms with Crippen LogP contribution in [-0.4, -0.2) is 0 Å². The standard InChI is InChI=1S/C79H56N2/c1-79(2)75-26-14-13-25-69(75)70-40-33-62(48-76(70)79)78-72-42-39-67(80(63-34-29-52-16-4-9-21-57(52)44-63)64-35-30-53-17-5-10-22-58(53)45-64)49-73(72)77(61-28-27-51-15-3-8-20-56(51)43-61)71-41-38-68(50-74(71)78)81(65-36-31-54-18-6-11-23-59(54)46-65)66-37-32-55-19-7-12-24-60(55)47-66/h3-7,9-19,21-50H,8,20H2,1-2H3. The lowest BCUT2D eigenvalue weighted by Crippen LogP contribution is -2.14. The van der Waals surface area contributed by atoms with Crippen molar-refractivity contribution in [2.75, 3.05) is 9.80 Å². The highest BCUT2D eigenvalue weighted by Crippen LogP contribution is 2.53. The van der Waals surface area contributed by atoms with Crippen LogP contribution in [0.1, 0.15) is 42.5 Å². The smallest absolute Gasteiger partial charge is 0.0468 e. The predicted molar refractivity (Wildman–Crippen MR) is 347 cm³/mol. The highest BCUT2D eigenvalue weighted by Gasteiger charge is 2.36. The van der Waals surface area contributed by atoms with E-state index in [4.69, 9.17) is 0 Å². The number of allylic oxidation sites excluding steroid dienone is 1. The normalized spacial score (nSPS) is 13.3. The maximum absolute atomic E-state index is 2.52. The number of rotatable bonds is 8. The van der Waals surface area contributed by atoms with Crippen LogP contribution in [0.3, 0.4) is 0 Å². The summed E-state index contributed by atoms with van der Waals surface area (Å²) in [6, 6.07) is 101. The van der Waals surface area contributed by atoms with Gasteiger partial charge in [-0.1, -0.05) is 214 Å². The maximum Gasteiger partial charge on any atom is 0.0468 e. The van der Waals surface area contributed by atoms with E-state index in [-0.39, 0.29) is 5.41 Å². The van der Waals surface area contributed by atoms with Gasteiger partial charge < -0.3 is 9.80 Å². The summed E-state index contributed by atoms with van der Waals surface area (Å²) in [7, 11) is 0. The molecule has 0 atom stereocenters. The van der Waals surface area contributed by atoms with Gasteiger partial charge in [-0.2, -0.15) is 0 Å². The summed E-state index contributed by atoms with van der Waals surface area (Å²) >= 11 is 0. The van der Waals surface area contributed by atoms with Crippen molar-refractivity contribution >= 4 is 105 Å². The van der Waals surface area contributed by atoms with Gasteiger partial charge in [0, 0.05) is 39.5 Å². The highest BCUT2D eigenvalue weighted by molar-refractivity contribution is 6.23. The van der Waals surface area contributed by atoms with Crippen molar-refractivity contribution in [3.05, 3.63) is 295 Å². The van der Waals surface area contributed by atoms with E-state index in [0.29, 0.717) is 0 Å². The minimum atomic E-state index is -0.188. The van der Waals surface area contributed by atoms with Gasteiger partial charge in [0.15, 0.2) is 0 Å². The van der Waals surface area contributed by atoms with Crippen LogP contribution in [0.2, 0.25) is 0 Å². The molecule has 0 fully saturated rings. The Balaban J connectivity index is 1.01. The van der Waals surface area contributed by atoms with E-state index >= 15 is 0 Å². The minimum absolute atomic E-state index is 0.188. The van der Waals surface area contributed by atoms with E-state index in [0.717, 1.165) is 47.0 Å². The third-order valence-electron chi connectivity index (χ3n) is 17.7. The molecule has 0 amide bonds. The van der Waals surface area contributed by atoms with Crippen LogP contribution in [0.4, 0.5) is 34.1 Å². The molecule has 382 valence electrons. The van der Waals surface area contributed by atoms with Gasteiger partial charge in [0.05, 0.1) is 0 Å². The Morgan fingerprint density at radius 1 is 0.309 bits per heavy atom. The summed E-state index contributed by atoms with van der Waals surface area (Å²) in [6.07, 6.45) is 6.67. The van der Waals surface area contributed by atoms with E-state index in [1.165, 1.54) is 120 Å². The van der Waals surface area contributed by atoms with E-state index in [1.54, 1.807) is 0 Å². The molecule has 0 N–H and O–H groups in total. The fourth-order valence-electron chi connectivity index (χ4n) is 13.7. The van der Waals surface area contributed by atoms with Crippen molar-refractivity contribution in [2.24, 2.45) is 0 Å². The number of fused-ring (bicyclic) bond motifs is 10. The number of nitrogens with zero attached hydrogens (tertiary/aromatic N) is 2. The third kappa shape index (κ3) is 7.77. The number of hydrogen-bond acceptors (Lipinski definition) is 2. The van der Waals surface area contributed by atoms with Crippen molar-refractivity contribution < 1.29 is 0 Å². The van der Waals surface area contributed by atoms with Crippen LogP contribution < -0.4 is 9.80 Å². The van der Waals surface area contributed by atoms with Gasteiger partial charge in [-0.05, 0) is 212 Å². The largest absolute Gasteiger partial charge is 0.310 e. The molecule has 0 spiro atoms. The second-order valence-corrected chi connectivity index (χ2v) is 22.8. The van der Waals surface area contributed by atoms with Gasteiger partial charge in [-0.25, -0.2) is 0 Å². The van der Waals surface area contributed by atoms with Crippen LogP contribution >= 0.6 is 0 Å². The lowest BCUT2D eigenvalue weighted by molar-refractivity contribution is 0.660. The van der Waals surface area contributed by atoms with Crippen molar-refractivity contribution in [3.8, 4) is 33.4 Å². The number of anilines is 6. The van der Waals surface area contributed by atoms with Crippen LogP contribution in [0.5, 0.6) is 0 Å². The lowest BCUT2D eigenvalue weighted by atomic mass is 9.80. The van der Waals surface area contributed by atoms with Gasteiger partial charge in [0.25, 0.3) is 0 Å². The molecule has 0 saturated heterocycles. The van der Waals surface area contributed by atoms with Gasteiger partial charge >= 0.3 is 0 Å². The molecule has 0 aromatic heterocycles. The molecule has 0 unspecified atom stereocenters. The molecule has 81 heavy (non-hydrogen) atoms. The summed E-state index contributed by atoms with van der Waals surface area (Å²) < 4.78 is 0. The monoisotopic (exact) mass is 1030 g/mol. The minimum Gasteiger partial charge on any atom is -0.310 e. The van der Waals surface area contributed by atoms with Crippen LogP contribution in [0.25, 0.3) is 104 Å². The molecular weight excluding hydrogens is 977 g/mol. The van der Waals surface area contributed by atoms with Gasteiger partial charge in [0.1, 0.15) is 0 Å². The molecule has 2 aliphatic rings. The maximum atomic E-state index is 2.52. The first kappa shape index (κ1) is 47.0. The molecule has 2 heteroatoms. The molecule has 2 aliphatic carbocycles. The Labute approximate surface area is 472 Å². The zero-order chi connectivity index (χ0) is 53.8. The second kappa shape index (κ2) is 18.5. The lowest BCUT2D eigenvalue weighted by Gasteiger charge is -2.29. The van der Waals surface area contributed by atoms with E-state index in [1.807, 2.05) is 0 Å². The van der Waals surface area contributed by atoms with Crippen molar-refractivity contribution in [3.63, 3.8) is 0 Å². The molecule has 0 saturated carbocycles. The molecule has 0 bridgehead atoms. The number of aryl methyl sites for hydroxylation is 1. The Morgan fingerprint density at radius 2 is 0.704 bits per heavy atom. The molecule has 0 radical (unpaired) electrons. The van der Waals surface area contributed by atoms with Crippen LogP contribution in [0.15, 0.2) is 273 Å². The number of hydrogen-bond donors (Lipinski definition) is 0. The first-order valence-electron chi connectivity index (χ1n) is 28.5. The molecule has 0 heterocycles. The van der Waals surface area contributed by atoms with Gasteiger partial charge in [-0.3, -0.25) is 0 Å². The average molecular weight is 1030 g/mol. The summed E-state index contributed by atoms with van der Waals surface area (Å²) in [4.78, 5) is 4.93. The zero-order valence-corrected chi connectivity index (χ0v) is 45.4. The van der Waals surface area contributed by atoms with Crippen molar-refractivity contribution in [2.45, 2.75) is 32.1 Å². The van der Waals surface area contributed by atoms with Gasteiger partial charge in [-0.15, -0.1) is 0 Å². The first-order chi connectivity index (χ1) is 39.9. The Hall–Kier alpha value is -10.0. The molecule has 16 rings (SSSR count). The Bertz CT molecular complexity index is 4780. The Kier molecular flexibility index (Phi) is 10.8. The highest BCUT2D eigenvalue weighted by atomic mass is 15.1. The van der Waals surface area contributed by atoms with Crippen LogP contribution in [0, 0.1) is 0 Å². The zero-order valence-electron chi connectivity index (χ0n) is 45.4. The summed E-state index contributed by atoms with van der Waals surface area (Å²) in [6.45, 7) is 4.80. The van der Waals surface area contributed by atoms with Crippen LogP contribution in [-0.2, 0) is 11.8 Å². The molecule has 0 aliphatic heterocycles. The molecule has 14 aromatic carbocycles. The second-order valence-electron chi connectivity index (χ2n) is 22.8. The number of benzene rings is 14. The van der Waals surface area contributed by atoms with E-state index < -0.39 is 0 Å². The fourth-order valence-corrected chi connectivity index (χ4v) is 13.7. The topological polar surface area (TPSA) is 6.48 Å². The Morgan fingerprint density at radius 3 is 1.20 bits per heavy atom. The SMILES string of the molecule is CC1(C)c2ccccc2-c2ccc(-c3c4ccc(N(c5ccc6ccccc6c5)c5ccc6ccccc6c5)cc4c(-c4ccc5c(c4)CCC=C5)c4ccc(N(c5ccc6ccccc6c5)c5ccc6ccccc6c5)cc34)cc21. The van der Waals surface area contributed by atoms with E-state index in [2.05, 4.69) is 303 Å². The first-order valence-corrected chi connectivity index (χ1v) is 28.5. The summed E-state index contributed by atoms with van der Waals surface area (Å²) in [5.41, 5.74) is 19.4. The fraction of sp³-hybridized carbons (Fsp3) is 0.0633. The van der Waals surface area contributed by atoms with Gasteiger partial charge in [0.2, 0.25) is 0 Å². The predicted octanol–water partition coefficient (Wildman–Crippen LogP) is 22.1. The van der Waals surface area contributed by atoms with Crippen molar-refractivity contribution in [1.29, 1.82) is 0 Å². The summed E-state index contributed by atoms with van der Waals surface area (Å²) in [5.74, 6) is 0. The third-order valence-corrected chi connectivity index (χ3v) is 17.7. The summed E-state index contributed by atoms with van der Waals surface area (Å²) in [5, 5.41) is 14.6. The average Bonchev–Trinajstić information content (AvgIpc) is 3.75. The molecule has 14 aromatic rings. The molecular formula is C79H56N2. The van der Waals surface area contributed by atoms with E-state index in [9.17, 15) is 0 Å². The van der Waals surface area contributed by atoms with Crippen molar-refractivity contribution in [1.82, 2.24) is 0 Å².